The van der Waals surface area contributed by atoms with Gasteiger partial charge in [-0.1, -0.05) is 177 Å². The highest BCUT2D eigenvalue weighted by Gasteiger charge is 2.36. The summed E-state index contributed by atoms with van der Waals surface area (Å²) in [6, 6.07) is 52.5. The van der Waals surface area contributed by atoms with Gasteiger partial charge in [0, 0.05) is 12.4 Å². The first-order valence-electron chi connectivity index (χ1n) is 16.5. The first kappa shape index (κ1) is 32.0. The Labute approximate surface area is 273 Å². The van der Waals surface area contributed by atoms with Gasteiger partial charge in [0.2, 0.25) is 0 Å². The van der Waals surface area contributed by atoms with E-state index in [9.17, 15) is 0 Å². The molecule has 5 aromatic carbocycles. The third-order valence-corrected chi connectivity index (χ3v) is 11.4. The highest BCUT2D eigenvalue weighted by molar-refractivity contribution is 6.57. The Bertz CT molecular complexity index is 1580. The van der Waals surface area contributed by atoms with Gasteiger partial charge in [-0.05, 0) is 46.5 Å². The van der Waals surface area contributed by atoms with E-state index in [2.05, 4.69) is 176 Å². The molecule has 0 saturated carbocycles. The van der Waals surface area contributed by atoms with Crippen molar-refractivity contribution >= 4 is 22.6 Å². The number of rotatable bonds is 12. The summed E-state index contributed by atoms with van der Waals surface area (Å²) in [4.78, 5) is 4.44. The predicted molar refractivity (Wildman–Crippen MR) is 197 cm³/mol. The zero-order valence-corrected chi connectivity index (χ0v) is 28.2. The molecule has 0 N–H and O–H groups in total. The van der Waals surface area contributed by atoms with Gasteiger partial charge in [-0.25, -0.2) is 4.98 Å². The molecule has 1 aromatic heterocycles. The van der Waals surface area contributed by atoms with E-state index < -0.39 is 9.52 Å². The predicted octanol–water partition coefficient (Wildman–Crippen LogP) is 7.66. The molecule has 6 aromatic rings. The zero-order valence-electron chi connectivity index (χ0n) is 26.8. The van der Waals surface area contributed by atoms with E-state index in [0.29, 0.717) is 5.82 Å². The van der Waals surface area contributed by atoms with Crippen LogP contribution in [0.5, 0.6) is 0 Å². The van der Waals surface area contributed by atoms with Gasteiger partial charge >= 0.3 is 0 Å². The molecule has 0 aliphatic heterocycles. The lowest BCUT2D eigenvalue weighted by Gasteiger charge is -2.37. The molecule has 0 spiro atoms. The van der Waals surface area contributed by atoms with Gasteiger partial charge in [0.05, 0.1) is 21.0 Å². The molecular formula is C41H45BN2Si. The van der Waals surface area contributed by atoms with Crippen molar-refractivity contribution in [2.24, 2.45) is 0 Å². The summed E-state index contributed by atoms with van der Waals surface area (Å²) in [5.41, 5.74) is 6.89. The molecule has 0 aliphatic rings. The summed E-state index contributed by atoms with van der Waals surface area (Å²) in [6.07, 6.45) is 12.4. The number of unbranched alkanes of at least 4 members (excludes halogenated alkanes) is 3. The van der Waals surface area contributed by atoms with Crippen molar-refractivity contribution in [1.82, 2.24) is 9.55 Å². The summed E-state index contributed by atoms with van der Waals surface area (Å²) in [6.45, 7) is 2.27. The molecule has 6 rings (SSSR count). The molecule has 0 aliphatic carbocycles. The maximum Gasteiger partial charge on any atom is 0.116 e. The Hall–Kier alpha value is -4.41. The lowest BCUT2D eigenvalue weighted by molar-refractivity contribution is 0.596. The SMILES string of the molecule is BC(c1ccccc1)c1ccccc1.CCCCCCc1cccc([SiH2]C(c2ccccc2)(c2ccccc2)n2ccnc2)c1. The molecule has 0 unspecified atom stereocenters. The molecule has 1 heterocycles. The van der Waals surface area contributed by atoms with E-state index in [0.717, 1.165) is 0 Å². The molecule has 45 heavy (non-hydrogen) atoms. The Morgan fingerprint density at radius 3 is 1.73 bits per heavy atom. The van der Waals surface area contributed by atoms with Gasteiger partial charge in [0.15, 0.2) is 0 Å². The first-order chi connectivity index (χ1) is 22.2. The highest BCUT2D eigenvalue weighted by Crippen LogP contribution is 2.33. The van der Waals surface area contributed by atoms with Crippen LogP contribution >= 0.6 is 0 Å². The largest absolute Gasteiger partial charge is 0.326 e. The van der Waals surface area contributed by atoms with Crippen LogP contribution in [0, 0.1) is 0 Å². The third-order valence-electron chi connectivity index (χ3n) is 8.82. The van der Waals surface area contributed by atoms with Crippen LogP contribution in [0.4, 0.5) is 0 Å². The molecular weight excluding hydrogens is 559 g/mol. The average Bonchev–Trinajstić information content (AvgIpc) is 3.67. The minimum atomic E-state index is -0.801. The van der Waals surface area contributed by atoms with Crippen LogP contribution < -0.4 is 5.19 Å². The van der Waals surface area contributed by atoms with Gasteiger partial charge in [0.25, 0.3) is 0 Å². The molecule has 0 radical (unpaired) electrons. The van der Waals surface area contributed by atoms with E-state index >= 15 is 0 Å². The quantitative estimate of drug-likeness (QED) is 0.104. The minimum absolute atomic E-state index is 0.208. The van der Waals surface area contributed by atoms with Crippen molar-refractivity contribution < 1.29 is 0 Å². The van der Waals surface area contributed by atoms with Crippen molar-refractivity contribution in [1.29, 1.82) is 0 Å². The van der Waals surface area contributed by atoms with Gasteiger partial charge in [-0.2, -0.15) is 0 Å². The Morgan fingerprint density at radius 1 is 0.667 bits per heavy atom. The lowest BCUT2D eigenvalue weighted by atomic mass is 9.76. The van der Waals surface area contributed by atoms with Crippen LogP contribution in [0.1, 0.15) is 66.2 Å². The second-order valence-electron chi connectivity index (χ2n) is 11.9. The van der Waals surface area contributed by atoms with Crippen LogP contribution in [-0.4, -0.2) is 26.9 Å². The summed E-state index contributed by atoms with van der Waals surface area (Å²) in [5, 5.41) is 1.29. The van der Waals surface area contributed by atoms with Crippen LogP contribution in [-0.2, 0) is 11.6 Å². The summed E-state index contributed by atoms with van der Waals surface area (Å²) in [7, 11) is 1.44. The van der Waals surface area contributed by atoms with Crippen molar-refractivity contribution in [2.45, 2.75) is 50.0 Å². The number of benzene rings is 5. The van der Waals surface area contributed by atoms with Crippen molar-refractivity contribution in [3.63, 3.8) is 0 Å². The van der Waals surface area contributed by atoms with E-state index in [1.807, 2.05) is 12.5 Å². The minimum Gasteiger partial charge on any atom is -0.326 e. The first-order valence-corrected chi connectivity index (χ1v) is 17.9. The fraction of sp³-hybridized carbons (Fsp3) is 0.195. The van der Waals surface area contributed by atoms with Crippen LogP contribution in [0.15, 0.2) is 164 Å². The molecule has 0 saturated heterocycles. The molecule has 0 atom stereocenters. The fourth-order valence-corrected chi connectivity index (χ4v) is 8.75. The van der Waals surface area contributed by atoms with Crippen molar-refractivity contribution in [3.05, 3.63) is 192 Å². The lowest BCUT2D eigenvalue weighted by Crippen LogP contribution is -2.46. The molecule has 0 amide bonds. The van der Waals surface area contributed by atoms with Crippen LogP contribution in [0.2, 0.25) is 0 Å². The number of nitrogens with zero attached hydrogens (tertiary/aromatic N) is 2. The van der Waals surface area contributed by atoms with E-state index in [-0.39, 0.29) is 5.16 Å². The number of hydrogen-bond acceptors (Lipinski definition) is 1. The van der Waals surface area contributed by atoms with E-state index in [4.69, 9.17) is 0 Å². The van der Waals surface area contributed by atoms with Crippen LogP contribution in [0.25, 0.3) is 0 Å². The summed E-state index contributed by atoms with van der Waals surface area (Å²) < 4.78 is 2.33. The molecule has 226 valence electrons. The Kier molecular flexibility index (Phi) is 11.8. The Morgan fingerprint density at radius 2 is 1.22 bits per heavy atom. The van der Waals surface area contributed by atoms with Gasteiger partial charge in [-0.15, -0.1) is 0 Å². The number of hydrogen-bond donors (Lipinski definition) is 0. The highest BCUT2D eigenvalue weighted by atomic mass is 28.2. The third kappa shape index (κ3) is 8.40. The standard InChI is InChI=1S/C28H32N2Si.C13H13B/c1-2-3-4-7-13-24-14-12-19-27(22-24)31-28(30-21-20-29-23-30,25-15-8-5-9-16-25)26-17-10-6-11-18-26;14-13(11-7-3-1-4-8-11)12-9-5-2-6-10-12/h5-6,8-12,14-23H,2-4,7,13,31H2,1H3;1-10,13H,14H2. The molecule has 2 nitrogen and oxygen atoms in total. The van der Waals surface area contributed by atoms with Crippen LogP contribution in [0.3, 0.4) is 0 Å². The zero-order chi connectivity index (χ0) is 31.2. The molecule has 0 bridgehead atoms. The topological polar surface area (TPSA) is 17.8 Å². The number of aromatic nitrogens is 2. The maximum atomic E-state index is 4.44. The monoisotopic (exact) mass is 604 g/mol. The van der Waals surface area contributed by atoms with Gasteiger partial charge in [0.1, 0.15) is 7.85 Å². The van der Waals surface area contributed by atoms with Crippen molar-refractivity contribution in [3.8, 4) is 0 Å². The average molecular weight is 605 g/mol. The van der Waals surface area contributed by atoms with E-state index in [1.54, 1.807) is 0 Å². The maximum absolute atomic E-state index is 4.44. The van der Waals surface area contributed by atoms with E-state index in [1.165, 1.54) is 65.1 Å². The second kappa shape index (κ2) is 16.6. The Balaban J connectivity index is 0.000000238. The normalized spacial score (nSPS) is 11.4. The fourth-order valence-electron chi connectivity index (χ4n) is 6.30. The number of aryl methyl sites for hydroxylation is 1. The van der Waals surface area contributed by atoms with Crippen molar-refractivity contribution in [2.75, 3.05) is 0 Å². The summed E-state index contributed by atoms with van der Waals surface area (Å²) >= 11 is 0. The van der Waals surface area contributed by atoms with Gasteiger partial charge < -0.3 is 4.57 Å². The summed E-state index contributed by atoms with van der Waals surface area (Å²) in [5.74, 6) is 0.484. The number of imidazole rings is 1. The molecule has 0 fully saturated rings. The second-order valence-corrected chi connectivity index (χ2v) is 14.1. The van der Waals surface area contributed by atoms with Gasteiger partial charge in [-0.3, -0.25) is 0 Å². The molecule has 4 heteroatoms. The smallest absolute Gasteiger partial charge is 0.116 e.